The van der Waals surface area contributed by atoms with Crippen LogP contribution in [0, 0.1) is 5.41 Å². The van der Waals surface area contributed by atoms with Crippen LogP contribution in [0.1, 0.15) is 12.0 Å². The topological polar surface area (TPSA) is 96.4 Å². The zero-order chi connectivity index (χ0) is 25.8. The lowest BCUT2D eigenvalue weighted by Gasteiger charge is -2.49. The zero-order valence-electron chi connectivity index (χ0n) is 20.9. The van der Waals surface area contributed by atoms with Crippen LogP contribution in [0.25, 0.3) is 0 Å². The number of ether oxygens (including phenoxy) is 1. The molecule has 6 rings (SSSR count). The lowest BCUT2D eigenvalue weighted by molar-refractivity contribution is 0.0571. The molecule has 192 valence electrons. The Labute approximate surface area is 217 Å². The van der Waals surface area contributed by atoms with Crippen LogP contribution in [-0.2, 0) is 10.0 Å². The van der Waals surface area contributed by atoms with Gasteiger partial charge >= 0.3 is 0 Å². The zero-order valence-corrected chi connectivity index (χ0v) is 21.7. The van der Waals surface area contributed by atoms with E-state index >= 15 is 0 Å². The average Bonchev–Trinajstić information content (AvgIpc) is 3.33. The molecule has 4 heterocycles. The lowest BCUT2D eigenvalue weighted by Crippen LogP contribution is -2.55. The molecule has 9 nitrogen and oxygen atoms in total. The van der Waals surface area contributed by atoms with Gasteiger partial charge in [0.25, 0.3) is 10.0 Å². The van der Waals surface area contributed by atoms with Crippen molar-refractivity contribution in [1.29, 1.82) is 0 Å². The number of benzene rings is 2. The number of nitrogens with zero attached hydrogens (tertiary/aromatic N) is 5. The van der Waals surface area contributed by atoms with E-state index < -0.39 is 16.3 Å². The monoisotopic (exact) mass is 518 g/mol. The minimum atomic E-state index is -3.91. The van der Waals surface area contributed by atoms with Gasteiger partial charge in [-0.2, -0.15) is 0 Å². The first-order valence-electron chi connectivity index (χ1n) is 12.2. The van der Waals surface area contributed by atoms with Gasteiger partial charge < -0.3 is 14.5 Å². The highest BCUT2D eigenvalue weighted by Gasteiger charge is 2.40. The van der Waals surface area contributed by atoms with Crippen LogP contribution in [0.4, 0.5) is 17.2 Å². The summed E-state index contributed by atoms with van der Waals surface area (Å²) in [6, 6.07) is 16.2. The third kappa shape index (κ3) is 4.01. The number of likely N-dealkylation sites (tertiary alicyclic amines) is 1. The van der Waals surface area contributed by atoms with Crippen molar-refractivity contribution in [2.45, 2.75) is 17.6 Å². The van der Waals surface area contributed by atoms with E-state index in [9.17, 15) is 8.42 Å². The van der Waals surface area contributed by atoms with Gasteiger partial charge in [0.05, 0.1) is 12.0 Å². The van der Waals surface area contributed by atoms with Crippen LogP contribution in [-0.4, -0.2) is 63.6 Å². The van der Waals surface area contributed by atoms with Crippen molar-refractivity contribution in [2.24, 2.45) is 16.1 Å². The second-order valence-electron chi connectivity index (χ2n) is 9.95. The van der Waals surface area contributed by atoms with Gasteiger partial charge in [-0.15, -0.1) is 0 Å². The molecule has 10 heteroatoms. The first-order valence-corrected chi connectivity index (χ1v) is 13.7. The van der Waals surface area contributed by atoms with E-state index in [0.717, 1.165) is 37.4 Å². The first kappa shape index (κ1) is 23.8. The van der Waals surface area contributed by atoms with Gasteiger partial charge in [0.2, 0.25) is 0 Å². The molecule has 1 spiro atoms. The second-order valence-corrected chi connectivity index (χ2v) is 11.8. The van der Waals surface area contributed by atoms with Gasteiger partial charge in [-0.25, -0.2) is 12.4 Å². The summed E-state index contributed by atoms with van der Waals surface area (Å²) >= 11 is 0. The molecule has 0 radical (unpaired) electrons. The molecular formula is C27H30N6O3S. The van der Waals surface area contributed by atoms with Crippen molar-refractivity contribution in [3.63, 3.8) is 0 Å². The van der Waals surface area contributed by atoms with E-state index in [-0.39, 0.29) is 4.90 Å². The van der Waals surface area contributed by atoms with Gasteiger partial charge in [0.1, 0.15) is 11.6 Å². The third-order valence-corrected chi connectivity index (χ3v) is 9.06. The van der Waals surface area contributed by atoms with Crippen LogP contribution < -0.4 is 20.3 Å². The molecule has 2 N–H and O–H groups in total. The first-order chi connectivity index (χ1) is 17.8. The SMILES string of the molecule is COc1cccc(S(=O)(=O)n2ccc3c2N(c2ccc(N4C=CC5(CC4)CN(C)C5)cc2)C(N)N=C3)c1. The largest absolute Gasteiger partial charge is 0.497 e. The van der Waals surface area contributed by atoms with Crippen LogP contribution in [0.3, 0.4) is 0 Å². The molecule has 1 unspecified atom stereocenters. The van der Waals surface area contributed by atoms with Crippen LogP contribution in [0.2, 0.25) is 0 Å². The summed E-state index contributed by atoms with van der Waals surface area (Å²) < 4.78 is 33.8. The summed E-state index contributed by atoms with van der Waals surface area (Å²) in [4.78, 5) is 10.9. The van der Waals surface area contributed by atoms with E-state index in [0.29, 0.717) is 22.5 Å². The van der Waals surface area contributed by atoms with Crippen LogP contribution in [0.15, 0.2) is 83.0 Å². The van der Waals surface area contributed by atoms with Gasteiger partial charge in [0.15, 0.2) is 6.29 Å². The number of fused-ring (bicyclic) bond motifs is 1. The average molecular weight is 519 g/mol. The molecule has 3 aromatic rings. The molecule has 0 aliphatic carbocycles. The highest BCUT2D eigenvalue weighted by atomic mass is 32.2. The maximum absolute atomic E-state index is 13.7. The Morgan fingerprint density at radius 1 is 1.08 bits per heavy atom. The second kappa shape index (κ2) is 8.76. The van der Waals surface area contributed by atoms with Crippen molar-refractivity contribution in [3.8, 4) is 5.75 Å². The number of hydrogen-bond donors (Lipinski definition) is 1. The molecule has 0 bridgehead atoms. The van der Waals surface area contributed by atoms with E-state index in [2.05, 4.69) is 34.1 Å². The minimum absolute atomic E-state index is 0.129. The molecular weight excluding hydrogens is 488 g/mol. The van der Waals surface area contributed by atoms with Crippen molar-refractivity contribution >= 4 is 33.4 Å². The smallest absolute Gasteiger partial charge is 0.269 e. The number of aliphatic imine (C=N–C) groups is 1. The minimum Gasteiger partial charge on any atom is -0.497 e. The quantitative estimate of drug-likeness (QED) is 0.554. The van der Waals surface area contributed by atoms with Crippen molar-refractivity contribution in [2.75, 3.05) is 43.6 Å². The summed E-state index contributed by atoms with van der Waals surface area (Å²) in [6.07, 6.45) is 8.04. The van der Waals surface area contributed by atoms with Gasteiger partial charge in [0, 0.05) is 66.7 Å². The van der Waals surface area contributed by atoms with Crippen molar-refractivity contribution in [1.82, 2.24) is 8.87 Å². The maximum atomic E-state index is 13.7. The van der Waals surface area contributed by atoms with Crippen molar-refractivity contribution < 1.29 is 13.2 Å². The number of rotatable bonds is 5. The Morgan fingerprint density at radius 2 is 1.84 bits per heavy atom. The molecule has 1 aromatic heterocycles. The summed E-state index contributed by atoms with van der Waals surface area (Å²) in [7, 11) is -0.251. The summed E-state index contributed by atoms with van der Waals surface area (Å²) in [5.74, 6) is 0.918. The van der Waals surface area contributed by atoms with E-state index in [4.69, 9.17) is 10.5 Å². The van der Waals surface area contributed by atoms with Crippen LogP contribution >= 0.6 is 0 Å². The summed E-state index contributed by atoms with van der Waals surface area (Å²) in [6.45, 7) is 3.19. The van der Waals surface area contributed by atoms with Gasteiger partial charge in [-0.1, -0.05) is 12.1 Å². The standard InChI is InChI=1S/C27H30N6O3S/c1-30-18-27(19-30)11-14-31(15-12-27)21-6-8-22(9-7-21)33-25-20(17-29-26(33)28)10-13-32(25)37(34,35)24-5-3-4-23(16-24)36-2/h3-11,13-14,16-17,26H,12,15,18-19,28H2,1-2H3. The predicted octanol–water partition coefficient (Wildman–Crippen LogP) is 3.20. The molecule has 1 saturated heterocycles. The fourth-order valence-corrected chi connectivity index (χ4v) is 6.91. The van der Waals surface area contributed by atoms with Crippen LogP contribution in [0.5, 0.6) is 5.75 Å². The normalized spacial score (nSPS) is 20.7. The highest BCUT2D eigenvalue weighted by Crippen LogP contribution is 2.40. The molecule has 1 atom stereocenters. The van der Waals surface area contributed by atoms with Gasteiger partial charge in [-0.05, 0) is 55.9 Å². The van der Waals surface area contributed by atoms with Gasteiger partial charge in [-0.3, -0.25) is 15.6 Å². The van der Waals surface area contributed by atoms with E-state index in [1.807, 2.05) is 24.3 Å². The summed E-state index contributed by atoms with van der Waals surface area (Å²) in [5.41, 5.74) is 9.23. The Kier molecular flexibility index (Phi) is 5.63. The van der Waals surface area contributed by atoms with E-state index in [1.165, 1.54) is 23.3 Å². The summed E-state index contributed by atoms with van der Waals surface area (Å²) in [5, 5.41) is 0. The fraction of sp³-hybridized carbons (Fsp3) is 0.296. The Balaban J connectivity index is 1.32. The molecule has 3 aliphatic rings. The number of methoxy groups -OCH3 is 1. The van der Waals surface area contributed by atoms with E-state index in [1.54, 1.807) is 35.4 Å². The molecule has 37 heavy (non-hydrogen) atoms. The van der Waals surface area contributed by atoms with Crippen molar-refractivity contribution in [3.05, 3.63) is 78.6 Å². The molecule has 1 fully saturated rings. The molecule has 0 amide bonds. The Bertz CT molecular complexity index is 1490. The number of hydrogen-bond acceptors (Lipinski definition) is 8. The number of aromatic nitrogens is 1. The maximum Gasteiger partial charge on any atom is 0.269 e. The molecule has 0 saturated carbocycles. The molecule has 2 aromatic carbocycles. The Morgan fingerprint density at radius 3 is 2.51 bits per heavy atom. The number of nitrogens with two attached hydrogens (primary N) is 1. The lowest BCUT2D eigenvalue weighted by atomic mass is 9.75. The Hall–Kier alpha value is -3.60. The highest BCUT2D eigenvalue weighted by molar-refractivity contribution is 7.90. The fourth-order valence-electron chi connectivity index (χ4n) is 5.52. The third-order valence-electron chi connectivity index (χ3n) is 7.40. The predicted molar refractivity (Wildman–Crippen MR) is 145 cm³/mol. The number of anilines is 3. The molecule has 3 aliphatic heterocycles.